The van der Waals surface area contributed by atoms with Gasteiger partial charge in [0.1, 0.15) is 0 Å². The first-order chi connectivity index (χ1) is 7.10. The van der Waals surface area contributed by atoms with Gasteiger partial charge in [0.05, 0.1) is 0 Å². The van der Waals surface area contributed by atoms with Crippen molar-refractivity contribution in [1.82, 2.24) is 4.90 Å². The van der Waals surface area contributed by atoms with E-state index in [1.165, 1.54) is 51.6 Å². The quantitative estimate of drug-likeness (QED) is 0.771. The van der Waals surface area contributed by atoms with Crippen molar-refractivity contribution in [1.29, 1.82) is 0 Å². The summed E-state index contributed by atoms with van der Waals surface area (Å²) >= 11 is 0. The fraction of sp³-hybridized carbons (Fsp3) is 1.00. The zero-order valence-corrected chi connectivity index (χ0v) is 10.3. The average Bonchev–Trinajstić information content (AvgIpc) is 2.40. The molecule has 0 amide bonds. The molecule has 2 atom stereocenters. The molecule has 0 bridgehead atoms. The minimum atomic E-state index is 0.387. The van der Waals surface area contributed by atoms with Crippen LogP contribution in [0.4, 0.5) is 0 Å². The first-order valence-corrected chi connectivity index (χ1v) is 6.54. The highest BCUT2D eigenvalue weighted by Gasteiger charge is 2.37. The standard InChI is InChI=1S/C13H26N2/c1-13(8-4-7-12(13)14)10-15(2)9-11-5-3-6-11/h11-12H,3-10,14H2,1-2H3. The molecule has 0 radical (unpaired) electrons. The Balaban J connectivity index is 1.78. The molecule has 2 N–H and O–H groups in total. The first kappa shape index (κ1) is 11.4. The van der Waals surface area contributed by atoms with E-state index in [1.807, 2.05) is 0 Å². The SMILES string of the molecule is CN(CC1CCC1)CC1(C)CCCC1N. The van der Waals surface area contributed by atoms with Gasteiger partial charge in [0.2, 0.25) is 0 Å². The summed E-state index contributed by atoms with van der Waals surface area (Å²) in [6.07, 6.45) is 8.24. The van der Waals surface area contributed by atoms with Gasteiger partial charge in [-0.2, -0.15) is 0 Å². The summed E-state index contributed by atoms with van der Waals surface area (Å²) in [4.78, 5) is 2.52. The highest BCUT2D eigenvalue weighted by atomic mass is 15.1. The van der Waals surface area contributed by atoms with Gasteiger partial charge in [0, 0.05) is 19.1 Å². The summed E-state index contributed by atoms with van der Waals surface area (Å²) in [5.74, 6) is 0.983. The van der Waals surface area contributed by atoms with Crippen molar-refractivity contribution in [3.05, 3.63) is 0 Å². The third-order valence-electron chi connectivity index (χ3n) is 4.58. The van der Waals surface area contributed by atoms with Gasteiger partial charge < -0.3 is 10.6 Å². The van der Waals surface area contributed by atoms with Gasteiger partial charge in [-0.25, -0.2) is 0 Å². The molecule has 2 aliphatic rings. The van der Waals surface area contributed by atoms with Crippen LogP contribution in [0.25, 0.3) is 0 Å². The summed E-state index contributed by atoms with van der Waals surface area (Å²) < 4.78 is 0. The van der Waals surface area contributed by atoms with Gasteiger partial charge >= 0.3 is 0 Å². The average molecular weight is 210 g/mol. The number of rotatable bonds is 4. The van der Waals surface area contributed by atoms with Gasteiger partial charge in [-0.3, -0.25) is 0 Å². The monoisotopic (exact) mass is 210 g/mol. The van der Waals surface area contributed by atoms with E-state index in [0.717, 1.165) is 5.92 Å². The Morgan fingerprint density at radius 3 is 2.47 bits per heavy atom. The number of hydrogen-bond acceptors (Lipinski definition) is 2. The molecule has 2 rings (SSSR count). The van der Waals surface area contributed by atoms with Gasteiger partial charge in [0.25, 0.3) is 0 Å². The van der Waals surface area contributed by atoms with Crippen molar-refractivity contribution in [2.45, 2.75) is 51.5 Å². The van der Waals surface area contributed by atoms with Crippen LogP contribution >= 0.6 is 0 Å². The van der Waals surface area contributed by atoms with E-state index < -0.39 is 0 Å². The lowest BCUT2D eigenvalue weighted by molar-refractivity contribution is 0.137. The van der Waals surface area contributed by atoms with Gasteiger partial charge in [-0.15, -0.1) is 0 Å². The molecule has 2 saturated carbocycles. The molecule has 2 aliphatic carbocycles. The van der Waals surface area contributed by atoms with Crippen LogP contribution in [0.2, 0.25) is 0 Å². The second-order valence-corrected chi connectivity index (χ2v) is 6.15. The molecule has 0 heterocycles. The molecule has 0 aromatic rings. The van der Waals surface area contributed by atoms with Crippen molar-refractivity contribution in [3.63, 3.8) is 0 Å². The Morgan fingerprint density at radius 2 is 2.00 bits per heavy atom. The lowest BCUT2D eigenvalue weighted by atomic mass is 9.82. The maximum absolute atomic E-state index is 6.21. The minimum absolute atomic E-state index is 0.387. The molecule has 2 fully saturated rings. The molecule has 88 valence electrons. The topological polar surface area (TPSA) is 29.3 Å². The van der Waals surface area contributed by atoms with Crippen LogP contribution < -0.4 is 5.73 Å². The van der Waals surface area contributed by atoms with E-state index in [9.17, 15) is 0 Å². The Hall–Kier alpha value is -0.0800. The second-order valence-electron chi connectivity index (χ2n) is 6.15. The lowest BCUT2D eigenvalue weighted by Crippen LogP contribution is -2.44. The normalized spacial score (nSPS) is 37.2. The van der Waals surface area contributed by atoms with Crippen molar-refractivity contribution < 1.29 is 0 Å². The van der Waals surface area contributed by atoms with Gasteiger partial charge in [-0.05, 0) is 44.1 Å². The molecule has 15 heavy (non-hydrogen) atoms. The van der Waals surface area contributed by atoms with E-state index in [2.05, 4.69) is 18.9 Å². The van der Waals surface area contributed by atoms with Crippen molar-refractivity contribution >= 4 is 0 Å². The fourth-order valence-corrected chi connectivity index (χ4v) is 3.25. The van der Waals surface area contributed by atoms with Crippen molar-refractivity contribution in [2.24, 2.45) is 17.1 Å². The first-order valence-electron chi connectivity index (χ1n) is 6.54. The van der Waals surface area contributed by atoms with Gasteiger partial charge in [0.15, 0.2) is 0 Å². The van der Waals surface area contributed by atoms with E-state index >= 15 is 0 Å². The van der Waals surface area contributed by atoms with E-state index in [4.69, 9.17) is 5.73 Å². The summed E-state index contributed by atoms with van der Waals surface area (Å²) in [5.41, 5.74) is 6.60. The molecular weight excluding hydrogens is 184 g/mol. The molecular formula is C13H26N2. The predicted octanol–water partition coefficient (Wildman–Crippen LogP) is 2.24. The summed E-state index contributed by atoms with van der Waals surface area (Å²) in [5, 5.41) is 0. The molecule has 0 spiro atoms. The molecule has 0 aromatic carbocycles. The predicted molar refractivity (Wildman–Crippen MR) is 64.8 cm³/mol. The Labute approximate surface area is 94.2 Å². The Morgan fingerprint density at radius 1 is 1.27 bits per heavy atom. The smallest absolute Gasteiger partial charge is 0.0105 e. The fourth-order valence-electron chi connectivity index (χ4n) is 3.25. The van der Waals surface area contributed by atoms with Crippen LogP contribution in [-0.2, 0) is 0 Å². The third-order valence-corrected chi connectivity index (χ3v) is 4.58. The van der Waals surface area contributed by atoms with Gasteiger partial charge in [-0.1, -0.05) is 19.8 Å². The Kier molecular flexibility index (Phi) is 3.36. The minimum Gasteiger partial charge on any atom is -0.327 e. The van der Waals surface area contributed by atoms with Crippen LogP contribution in [0, 0.1) is 11.3 Å². The number of hydrogen-bond donors (Lipinski definition) is 1. The summed E-state index contributed by atoms with van der Waals surface area (Å²) in [7, 11) is 2.27. The van der Waals surface area contributed by atoms with Crippen molar-refractivity contribution in [3.8, 4) is 0 Å². The van der Waals surface area contributed by atoms with E-state index in [1.54, 1.807) is 0 Å². The summed E-state index contributed by atoms with van der Waals surface area (Å²) in [6.45, 7) is 4.87. The molecule has 2 unspecified atom stereocenters. The van der Waals surface area contributed by atoms with E-state index in [-0.39, 0.29) is 0 Å². The van der Waals surface area contributed by atoms with Crippen LogP contribution in [0.3, 0.4) is 0 Å². The largest absolute Gasteiger partial charge is 0.327 e. The molecule has 2 nitrogen and oxygen atoms in total. The van der Waals surface area contributed by atoms with Crippen LogP contribution in [0.15, 0.2) is 0 Å². The van der Waals surface area contributed by atoms with Crippen LogP contribution in [-0.4, -0.2) is 31.1 Å². The molecule has 0 aromatic heterocycles. The second kappa shape index (κ2) is 4.42. The molecule has 0 saturated heterocycles. The number of nitrogens with two attached hydrogens (primary N) is 1. The maximum Gasteiger partial charge on any atom is 0.0105 e. The molecule has 0 aliphatic heterocycles. The van der Waals surface area contributed by atoms with Crippen molar-refractivity contribution in [2.75, 3.05) is 20.1 Å². The highest BCUT2D eigenvalue weighted by Crippen LogP contribution is 2.37. The number of nitrogens with zero attached hydrogens (tertiary/aromatic N) is 1. The Bertz CT molecular complexity index is 213. The van der Waals surface area contributed by atoms with Crippen LogP contribution in [0.5, 0.6) is 0 Å². The van der Waals surface area contributed by atoms with E-state index in [0.29, 0.717) is 11.5 Å². The third kappa shape index (κ3) is 2.54. The zero-order chi connectivity index (χ0) is 10.9. The highest BCUT2D eigenvalue weighted by molar-refractivity contribution is 4.93. The zero-order valence-electron chi connectivity index (χ0n) is 10.3. The maximum atomic E-state index is 6.21. The summed E-state index contributed by atoms with van der Waals surface area (Å²) in [6, 6.07) is 0.432. The van der Waals surface area contributed by atoms with Crippen LogP contribution in [0.1, 0.15) is 45.4 Å². The lowest BCUT2D eigenvalue weighted by Gasteiger charge is -2.37. The molecule has 2 heteroatoms.